The SMILES string of the molecule is OC[C@H]1CN(c2nccnc2Cl)CC12CCC2. The smallest absolute Gasteiger partial charge is 0.171 e. The second-order valence-corrected chi connectivity index (χ2v) is 5.50. The van der Waals surface area contributed by atoms with Gasteiger partial charge in [-0.2, -0.15) is 0 Å². The average Bonchev–Trinajstić information content (AvgIpc) is 2.69. The van der Waals surface area contributed by atoms with Crippen molar-refractivity contribution in [3.8, 4) is 0 Å². The standard InChI is InChI=1S/C12H16ClN3O/c13-10-11(15-5-4-14-10)16-6-9(7-17)12(8-16)2-1-3-12/h4-5,9,17H,1-3,6-8H2/t9-/m1/s1. The topological polar surface area (TPSA) is 49.2 Å². The minimum atomic E-state index is 0.258. The summed E-state index contributed by atoms with van der Waals surface area (Å²) in [5.41, 5.74) is 0.301. The molecular formula is C12H16ClN3O. The van der Waals surface area contributed by atoms with E-state index in [2.05, 4.69) is 14.9 Å². The predicted molar refractivity (Wildman–Crippen MR) is 66.1 cm³/mol. The summed E-state index contributed by atoms with van der Waals surface area (Å²) in [5.74, 6) is 1.12. The van der Waals surface area contributed by atoms with E-state index in [1.54, 1.807) is 12.4 Å². The number of aromatic nitrogens is 2. The Kier molecular flexibility index (Phi) is 2.71. The molecule has 4 nitrogen and oxygen atoms in total. The Morgan fingerprint density at radius 1 is 1.41 bits per heavy atom. The second kappa shape index (κ2) is 4.10. The zero-order valence-electron chi connectivity index (χ0n) is 9.64. The van der Waals surface area contributed by atoms with Gasteiger partial charge in [0.05, 0.1) is 0 Å². The Bertz CT molecular complexity index is 422. The van der Waals surface area contributed by atoms with Crippen LogP contribution >= 0.6 is 11.6 Å². The fraction of sp³-hybridized carbons (Fsp3) is 0.667. The molecule has 1 saturated carbocycles. The summed E-state index contributed by atoms with van der Waals surface area (Å²) in [7, 11) is 0. The third-order valence-electron chi connectivity index (χ3n) is 4.32. The van der Waals surface area contributed by atoms with Crippen LogP contribution < -0.4 is 4.90 Å². The van der Waals surface area contributed by atoms with Gasteiger partial charge in [0.25, 0.3) is 0 Å². The van der Waals surface area contributed by atoms with Gasteiger partial charge in [0.2, 0.25) is 0 Å². The highest BCUT2D eigenvalue weighted by atomic mass is 35.5. The van der Waals surface area contributed by atoms with Gasteiger partial charge in [-0.25, -0.2) is 9.97 Å². The van der Waals surface area contributed by atoms with Crippen molar-refractivity contribution in [2.45, 2.75) is 19.3 Å². The van der Waals surface area contributed by atoms with E-state index in [4.69, 9.17) is 11.6 Å². The van der Waals surface area contributed by atoms with Crippen molar-refractivity contribution < 1.29 is 5.11 Å². The number of hydrogen-bond acceptors (Lipinski definition) is 4. The molecule has 1 N–H and O–H groups in total. The van der Waals surface area contributed by atoms with Crippen LogP contribution in [0.5, 0.6) is 0 Å². The Balaban J connectivity index is 1.85. The fourth-order valence-corrected chi connectivity index (χ4v) is 3.39. The van der Waals surface area contributed by atoms with Crippen LogP contribution in [0.2, 0.25) is 5.15 Å². The van der Waals surface area contributed by atoms with Gasteiger partial charge in [0.1, 0.15) is 0 Å². The van der Waals surface area contributed by atoms with Gasteiger partial charge in [-0.3, -0.25) is 0 Å². The maximum atomic E-state index is 9.50. The van der Waals surface area contributed by atoms with E-state index in [1.165, 1.54) is 19.3 Å². The Labute approximate surface area is 106 Å². The minimum absolute atomic E-state index is 0.258. The highest BCUT2D eigenvalue weighted by Crippen LogP contribution is 2.52. The first-order chi connectivity index (χ1) is 8.25. The summed E-state index contributed by atoms with van der Waals surface area (Å²) in [6.45, 7) is 2.06. The van der Waals surface area contributed by atoms with Crippen molar-refractivity contribution in [2.24, 2.45) is 11.3 Å². The zero-order chi connectivity index (χ0) is 11.9. The second-order valence-electron chi connectivity index (χ2n) is 5.15. The van der Waals surface area contributed by atoms with Gasteiger partial charge in [-0.05, 0) is 18.3 Å². The van der Waals surface area contributed by atoms with E-state index in [1.807, 2.05) is 0 Å². The quantitative estimate of drug-likeness (QED) is 0.872. The lowest BCUT2D eigenvalue weighted by molar-refractivity contribution is 0.0571. The Morgan fingerprint density at radius 3 is 2.71 bits per heavy atom. The maximum Gasteiger partial charge on any atom is 0.171 e. The summed E-state index contributed by atoms with van der Waals surface area (Å²) in [4.78, 5) is 10.5. The summed E-state index contributed by atoms with van der Waals surface area (Å²) in [6.07, 6.45) is 6.98. The molecule has 1 aliphatic heterocycles. The van der Waals surface area contributed by atoms with E-state index in [9.17, 15) is 5.11 Å². The molecule has 0 bridgehead atoms. The Morgan fingerprint density at radius 2 is 2.18 bits per heavy atom. The summed E-state index contributed by atoms with van der Waals surface area (Å²) < 4.78 is 0. The van der Waals surface area contributed by atoms with Crippen LogP contribution in [0.25, 0.3) is 0 Å². The molecule has 0 radical (unpaired) electrons. The lowest BCUT2D eigenvalue weighted by Crippen LogP contribution is -2.39. The molecule has 0 aromatic carbocycles. The molecule has 92 valence electrons. The van der Waals surface area contributed by atoms with Gasteiger partial charge in [0, 0.05) is 38.0 Å². The molecule has 5 heteroatoms. The molecule has 0 amide bonds. The lowest BCUT2D eigenvalue weighted by atomic mass is 9.63. The van der Waals surface area contributed by atoms with E-state index in [-0.39, 0.29) is 6.61 Å². The first kappa shape index (κ1) is 11.2. The molecule has 1 spiro atoms. The third kappa shape index (κ3) is 1.70. The maximum absolute atomic E-state index is 9.50. The number of halogens is 1. The first-order valence-electron chi connectivity index (χ1n) is 6.07. The van der Waals surface area contributed by atoms with Gasteiger partial charge in [-0.1, -0.05) is 18.0 Å². The molecule has 2 fully saturated rings. The van der Waals surface area contributed by atoms with Gasteiger partial charge >= 0.3 is 0 Å². The number of anilines is 1. The van der Waals surface area contributed by atoms with E-state index >= 15 is 0 Å². The average molecular weight is 254 g/mol. The number of hydrogen-bond donors (Lipinski definition) is 1. The summed E-state index contributed by atoms with van der Waals surface area (Å²) in [6, 6.07) is 0. The Hall–Kier alpha value is -0.870. The zero-order valence-corrected chi connectivity index (χ0v) is 10.4. The molecule has 1 atom stereocenters. The highest BCUT2D eigenvalue weighted by Gasteiger charge is 2.50. The van der Waals surface area contributed by atoms with Crippen LogP contribution in [0, 0.1) is 11.3 Å². The van der Waals surface area contributed by atoms with Crippen LogP contribution in [0.3, 0.4) is 0 Å². The van der Waals surface area contributed by atoms with E-state index < -0.39 is 0 Å². The number of aliphatic hydroxyl groups excluding tert-OH is 1. The monoisotopic (exact) mass is 253 g/mol. The molecule has 17 heavy (non-hydrogen) atoms. The van der Waals surface area contributed by atoms with Crippen LogP contribution in [0.15, 0.2) is 12.4 Å². The van der Waals surface area contributed by atoms with Crippen LogP contribution in [-0.4, -0.2) is 34.8 Å². The normalized spacial score (nSPS) is 26.2. The first-order valence-corrected chi connectivity index (χ1v) is 6.45. The molecule has 1 aromatic heterocycles. The van der Waals surface area contributed by atoms with Crippen molar-refractivity contribution in [1.29, 1.82) is 0 Å². The summed E-state index contributed by atoms with van der Waals surface area (Å²) >= 11 is 6.07. The fourth-order valence-electron chi connectivity index (χ4n) is 3.17. The number of nitrogens with zero attached hydrogens (tertiary/aromatic N) is 3. The van der Waals surface area contributed by atoms with Crippen molar-refractivity contribution in [3.63, 3.8) is 0 Å². The van der Waals surface area contributed by atoms with Crippen LogP contribution in [0.1, 0.15) is 19.3 Å². The minimum Gasteiger partial charge on any atom is -0.396 e. The van der Waals surface area contributed by atoms with Crippen LogP contribution in [-0.2, 0) is 0 Å². The lowest BCUT2D eigenvalue weighted by Gasteiger charge is -2.42. The van der Waals surface area contributed by atoms with Gasteiger partial charge in [0.15, 0.2) is 11.0 Å². The van der Waals surface area contributed by atoms with E-state index in [0.717, 1.165) is 18.9 Å². The van der Waals surface area contributed by atoms with Gasteiger partial charge < -0.3 is 10.0 Å². The highest BCUT2D eigenvalue weighted by molar-refractivity contribution is 6.31. The molecule has 0 unspecified atom stereocenters. The molecule has 1 aliphatic carbocycles. The van der Waals surface area contributed by atoms with E-state index in [0.29, 0.717) is 16.5 Å². The van der Waals surface area contributed by atoms with Crippen molar-refractivity contribution in [1.82, 2.24) is 9.97 Å². The predicted octanol–water partition coefficient (Wildman–Crippen LogP) is 1.73. The van der Waals surface area contributed by atoms with Crippen molar-refractivity contribution in [3.05, 3.63) is 17.5 Å². The van der Waals surface area contributed by atoms with Crippen molar-refractivity contribution in [2.75, 3.05) is 24.6 Å². The molecular weight excluding hydrogens is 238 g/mol. The third-order valence-corrected chi connectivity index (χ3v) is 4.58. The van der Waals surface area contributed by atoms with Crippen molar-refractivity contribution >= 4 is 17.4 Å². The number of rotatable bonds is 2. The molecule has 2 aliphatic rings. The molecule has 3 rings (SSSR count). The number of aliphatic hydroxyl groups is 1. The van der Waals surface area contributed by atoms with Gasteiger partial charge in [-0.15, -0.1) is 0 Å². The summed E-state index contributed by atoms with van der Waals surface area (Å²) in [5, 5.41) is 9.96. The molecule has 1 aromatic rings. The largest absolute Gasteiger partial charge is 0.396 e. The molecule has 1 saturated heterocycles. The molecule has 2 heterocycles. The van der Waals surface area contributed by atoms with Crippen LogP contribution in [0.4, 0.5) is 5.82 Å².